The van der Waals surface area contributed by atoms with Gasteiger partial charge < -0.3 is 19.9 Å². The van der Waals surface area contributed by atoms with E-state index in [1.54, 1.807) is 35.3 Å². The van der Waals surface area contributed by atoms with Crippen LogP contribution in [0.25, 0.3) is 0 Å². The van der Waals surface area contributed by atoms with Crippen molar-refractivity contribution in [1.82, 2.24) is 15.1 Å². The Balaban J connectivity index is 2.16. The Kier molecular flexibility index (Phi) is 10.3. The van der Waals surface area contributed by atoms with Crippen LogP contribution in [0.4, 0.5) is 9.18 Å². The molecule has 0 bridgehead atoms. The molecule has 2 aromatic rings. The van der Waals surface area contributed by atoms with Gasteiger partial charge in [-0.05, 0) is 54.5 Å². The average molecular weight is 478 g/mol. The van der Waals surface area contributed by atoms with Crippen LogP contribution in [0.15, 0.2) is 35.7 Å². The third kappa shape index (κ3) is 8.84. The first-order chi connectivity index (χ1) is 15.7. The zero-order valence-electron chi connectivity index (χ0n) is 19.6. The number of benzene rings is 1. The molecule has 0 fully saturated rings. The van der Waals surface area contributed by atoms with Crippen molar-refractivity contribution in [2.45, 2.75) is 40.8 Å². The number of nitrogens with one attached hydrogen (secondary N) is 1. The van der Waals surface area contributed by atoms with Gasteiger partial charge >= 0.3 is 12.0 Å². The molecule has 0 atom stereocenters. The molecule has 1 N–H and O–H groups in total. The van der Waals surface area contributed by atoms with Crippen molar-refractivity contribution in [1.29, 1.82) is 0 Å². The Morgan fingerprint density at radius 1 is 1.09 bits per heavy atom. The van der Waals surface area contributed by atoms with Crippen molar-refractivity contribution in [2.75, 3.05) is 26.2 Å². The van der Waals surface area contributed by atoms with Crippen LogP contribution in [0.3, 0.4) is 0 Å². The zero-order valence-corrected chi connectivity index (χ0v) is 20.4. The summed E-state index contributed by atoms with van der Waals surface area (Å²) in [5.41, 5.74) is 1.88. The molecule has 1 aromatic heterocycles. The molecular weight excluding hydrogens is 445 g/mol. The highest BCUT2D eigenvalue weighted by Gasteiger charge is 2.23. The number of urea groups is 1. The molecule has 9 heteroatoms. The predicted molar refractivity (Wildman–Crippen MR) is 126 cm³/mol. The van der Waals surface area contributed by atoms with Gasteiger partial charge in [0.05, 0.1) is 13.2 Å². The summed E-state index contributed by atoms with van der Waals surface area (Å²) in [4.78, 5) is 41.8. The van der Waals surface area contributed by atoms with Crippen molar-refractivity contribution in [3.8, 4) is 0 Å². The molecule has 33 heavy (non-hydrogen) atoms. The lowest BCUT2D eigenvalue weighted by molar-refractivity contribution is -0.141. The summed E-state index contributed by atoms with van der Waals surface area (Å²) in [6.45, 7) is 8.42. The highest BCUT2D eigenvalue weighted by molar-refractivity contribution is 7.10. The number of hydrogen-bond donors (Lipinski definition) is 1. The second kappa shape index (κ2) is 12.9. The number of thiophene rings is 1. The van der Waals surface area contributed by atoms with Gasteiger partial charge in [0.1, 0.15) is 18.9 Å². The highest BCUT2D eigenvalue weighted by Crippen LogP contribution is 2.20. The van der Waals surface area contributed by atoms with E-state index in [0.717, 1.165) is 16.0 Å². The topological polar surface area (TPSA) is 79.0 Å². The number of ether oxygens (including phenoxy) is 1. The molecule has 0 unspecified atom stereocenters. The zero-order chi connectivity index (χ0) is 24.4. The molecule has 0 spiro atoms. The summed E-state index contributed by atoms with van der Waals surface area (Å²) in [5.74, 6) is -0.991. The summed E-state index contributed by atoms with van der Waals surface area (Å²) >= 11 is 1.56. The lowest BCUT2D eigenvalue weighted by Crippen LogP contribution is -2.48. The quantitative estimate of drug-likeness (QED) is 0.497. The van der Waals surface area contributed by atoms with Gasteiger partial charge in [0.2, 0.25) is 5.91 Å². The number of carbonyl (C=O) groups excluding carboxylic acids is 3. The molecule has 1 aromatic carbocycles. The number of nitrogens with zero attached hydrogens (tertiary/aromatic N) is 2. The van der Waals surface area contributed by atoms with Crippen LogP contribution >= 0.6 is 11.3 Å². The number of esters is 1. The summed E-state index contributed by atoms with van der Waals surface area (Å²) in [6.07, 6.45) is 0. The first-order valence-corrected chi connectivity index (χ1v) is 11.8. The van der Waals surface area contributed by atoms with Crippen LogP contribution < -0.4 is 5.32 Å². The Morgan fingerprint density at radius 3 is 2.36 bits per heavy atom. The van der Waals surface area contributed by atoms with E-state index in [2.05, 4.69) is 5.32 Å². The fourth-order valence-electron chi connectivity index (χ4n) is 3.18. The molecule has 7 nitrogen and oxygen atoms in total. The molecule has 1 heterocycles. The maximum atomic E-state index is 13.3. The third-order valence-electron chi connectivity index (χ3n) is 4.83. The summed E-state index contributed by atoms with van der Waals surface area (Å²) in [5, 5.41) is 4.50. The molecule has 0 saturated heterocycles. The number of halogens is 1. The summed E-state index contributed by atoms with van der Waals surface area (Å²) in [7, 11) is 0. The van der Waals surface area contributed by atoms with Gasteiger partial charge in [0, 0.05) is 18.0 Å². The molecule has 2 rings (SSSR count). The first-order valence-electron chi connectivity index (χ1n) is 10.9. The average Bonchev–Trinajstić information content (AvgIpc) is 3.16. The van der Waals surface area contributed by atoms with Gasteiger partial charge in [-0.15, -0.1) is 11.3 Å². The monoisotopic (exact) mass is 477 g/mol. The second-order valence-corrected chi connectivity index (χ2v) is 9.14. The minimum atomic E-state index is -0.534. The molecular formula is C24H32FN3O4S. The smallest absolute Gasteiger partial charge is 0.325 e. The lowest BCUT2D eigenvalue weighted by Gasteiger charge is -2.29. The predicted octanol–water partition coefficient (Wildman–Crippen LogP) is 3.96. The van der Waals surface area contributed by atoms with E-state index in [0.29, 0.717) is 13.1 Å². The van der Waals surface area contributed by atoms with E-state index >= 15 is 0 Å². The number of aryl methyl sites for hydroxylation is 1. The summed E-state index contributed by atoms with van der Waals surface area (Å²) in [6, 6.07) is 7.52. The standard InChI is InChI=1S/C24H32FN3O4S/c1-5-32-23(30)12-26-24(31)28(13-17(2)3)16-22(29)27(15-21-18(4)10-11-33-21)14-19-6-8-20(25)9-7-19/h6-11,17H,5,12-16H2,1-4H3,(H,26,31). The fourth-order valence-corrected chi connectivity index (χ4v) is 4.10. The Morgan fingerprint density at radius 2 is 1.79 bits per heavy atom. The van der Waals surface area contributed by atoms with E-state index in [1.807, 2.05) is 32.2 Å². The molecule has 180 valence electrons. The minimum Gasteiger partial charge on any atom is -0.465 e. The SMILES string of the molecule is CCOC(=O)CNC(=O)N(CC(=O)N(Cc1ccc(F)cc1)Cc1sccc1C)CC(C)C. The van der Waals surface area contributed by atoms with Gasteiger partial charge in [0.15, 0.2) is 0 Å². The van der Waals surface area contributed by atoms with Crippen LogP contribution in [-0.4, -0.2) is 53.9 Å². The van der Waals surface area contributed by atoms with Crippen molar-refractivity contribution < 1.29 is 23.5 Å². The first kappa shape index (κ1) is 26.3. The number of rotatable bonds is 11. The van der Waals surface area contributed by atoms with Gasteiger partial charge in [0.25, 0.3) is 0 Å². The lowest BCUT2D eigenvalue weighted by atomic mass is 10.2. The third-order valence-corrected chi connectivity index (χ3v) is 5.84. The molecule has 0 aliphatic rings. The van der Waals surface area contributed by atoms with E-state index in [4.69, 9.17) is 4.74 Å². The van der Waals surface area contributed by atoms with Crippen LogP contribution in [0.1, 0.15) is 36.8 Å². The van der Waals surface area contributed by atoms with Crippen LogP contribution in [0.5, 0.6) is 0 Å². The van der Waals surface area contributed by atoms with Crippen LogP contribution in [-0.2, 0) is 27.4 Å². The molecule has 0 aliphatic carbocycles. The van der Waals surface area contributed by atoms with E-state index in [1.165, 1.54) is 17.0 Å². The van der Waals surface area contributed by atoms with Gasteiger partial charge in [-0.25, -0.2) is 9.18 Å². The number of amides is 3. The van der Waals surface area contributed by atoms with Crippen molar-refractivity contribution >= 4 is 29.2 Å². The van der Waals surface area contributed by atoms with E-state index in [9.17, 15) is 18.8 Å². The van der Waals surface area contributed by atoms with Crippen LogP contribution in [0, 0.1) is 18.7 Å². The van der Waals surface area contributed by atoms with Gasteiger partial charge in [-0.1, -0.05) is 26.0 Å². The van der Waals surface area contributed by atoms with Crippen molar-refractivity contribution in [3.05, 3.63) is 57.5 Å². The van der Waals surface area contributed by atoms with E-state index in [-0.39, 0.29) is 43.9 Å². The Bertz CT molecular complexity index is 930. The van der Waals surface area contributed by atoms with E-state index < -0.39 is 12.0 Å². The molecule has 0 saturated carbocycles. The molecule has 0 radical (unpaired) electrons. The second-order valence-electron chi connectivity index (χ2n) is 8.14. The maximum absolute atomic E-state index is 13.3. The normalized spacial score (nSPS) is 10.7. The minimum absolute atomic E-state index is 0.122. The maximum Gasteiger partial charge on any atom is 0.325 e. The van der Waals surface area contributed by atoms with Crippen molar-refractivity contribution in [2.24, 2.45) is 5.92 Å². The highest BCUT2D eigenvalue weighted by atomic mass is 32.1. The van der Waals surface area contributed by atoms with Gasteiger partial charge in [-0.2, -0.15) is 0 Å². The number of carbonyl (C=O) groups is 3. The van der Waals surface area contributed by atoms with Crippen molar-refractivity contribution in [3.63, 3.8) is 0 Å². The molecule has 3 amide bonds. The number of hydrogen-bond acceptors (Lipinski definition) is 5. The van der Waals surface area contributed by atoms with Crippen LogP contribution in [0.2, 0.25) is 0 Å². The molecule has 0 aliphatic heterocycles. The Labute approximate surface area is 198 Å². The largest absolute Gasteiger partial charge is 0.465 e. The summed E-state index contributed by atoms with van der Waals surface area (Å²) < 4.78 is 18.2. The fraction of sp³-hybridized carbons (Fsp3) is 0.458. The van der Waals surface area contributed by atoms with Gasteiger partial charge in [-0.3, -0.25) is 9.59 Å². The Hall–Kier alpha value is -2.94.